The van der Waals surface area contributed by atoms with Crippen LogP contribution in [0.15, 0.2) is 59.5 Å². The van der Waals surface area contributed by atoms with Gasteiger partial charge in [-0.3, -0.25) is 0 Å². The molecule has 0 saturated carbocycles. The molecule has 3 rings (SSSR count). The maximum atomic E-state index is 12.9. The molecule has 0 saturated heterocycles. The number of hydrogen-bond acceptors (Lipinski definition) is 3. The molecule has 0 N–H and O–H groups in total. The van der Waals surface area contributed by atoms with Gasteiger partial charge < -0.3 is 0 Å². The van der Waals surface area contributed by atoms with Crippen molar-refractivity contribution in [2.45, 2.75) is 25.7 Å². The first-order valence-electron chi connectivity index (χ1n) is 7.51. The molecule has 6 heteroatoms. The van der Waals surface area contributed by atoms with E-state index in [1.54, 1.807) is 24.3 Å². The van der Waals surface area contributed by atoms with Crippen molar-refractivity contribution < 1.29 is 8.42 Å². The Morgan fingerprint density at radius 3 is 2.17 bits per heavy atom. The Bertz CT molecular complexity index is 962. The summed E-state index contributed by atoms with van der Waals surface area (Å²) in [5.74, 6) is 0. The molecule has 0 aliphatic rings. The van der Waals surface area contributed by atoms with Crippen LogP contribution < -0.4 is 8.92 Å². The molecule has 24 heavy (non-hydrogen) atoms. The van der Waals surface area contributed by atoms with Gasteiger partial charge in [0.15, 0.2) is 0 Å². The predicted octanol–water partition coefficient (Wildman–Crippen LogP) is 1.70. The van der Waals surface area contributed by atoms with Gasteiger partial charge in [0.1, 0.15) is 0 Å². The van der Waals surface area contributed by atoms with E-state index < -0.39 is 10.0 Å². The molecule has 0 atom stereocenters. The third-order valence-corrected chi connectivity index (χ3v) is 8.11. The van der Waals surface area contributed by atoms with Gasteiger partial charge in [0.25, 0.3) is 0 Å². The van der Waals surface area contributed by atoms with Gasteiger partial charge in [-0.05, 0) is 0 Å². The summed E-state index contributed by atoms with van der Waals surface area (Å²) in [6, 6.07) is 16.9. The van der Waals surface area contributed by atoms with Crippen molar-refractivity contribution in [1.82, 2.24) is 9.19 Å². The van der Waals surface area contributed by atoms with Crippen LogP contribution in [0, 0.1) is 20.8 Å². The number of aryl methyl sites for hydroxylation is 2. The SMILES string of the molecule is Cc1ccc(S(=O)(=O)n2nc(C)c([Se]c3ccccc3)c2C)cc1. The molecule has 2 aromatic carbocycles. The molecule has 0 aliphatic carbocycles. The molecule has 0 fully saturated rings. The van der Waals surface area contributed by atoms with Gasteiger partial charge in [0.2, 0.25) is 0 Å². The summed E-state index contributed by atoms with van der Waals surface area (Å²) in [5, 5.41) is 4.32. The van der Waals surface area contributed by atoms with Gasteiger partial charge in [-0.2, -0.15) is 0 Å². The number of rotatable bonds is 4. The Kier molecular flexibility index (Phi) is 4.63. The first kappa shape index (κ1) is 17.0. The molecular weight excluding hydrogens is 387 g/mol. The van der Waals surface area contributed by atoms with E-state index in [4.69, 9.17) is 0 Å². The average molecular weight is 405 g/mol. The van der Waals surface area contributed by atoms with E-state index in [-0.39, 0.29) is 19.9 Å². The standard InChI is InChI=1S/C18H18N2O2SSe/c1-13-9-11-16(12-10-13)23(21,22)20-15(3)18(14(2)19-20)24-17-7-5-4-6-8-17/h4-12H,1-3H3. The van der Waals surface area contributed by atoms with Gasteiger partial charge >= 0.3 is 149 Å². The van der Waals surface area contributed by atoms with Gasteiger partial charge in [-0.1, -0.05) is 0 Å². The molecule has 1 heterocycles. The fourth-order valence-electron chi connectivity index (χ4n) is 2.40. The van der Waals surface area contributed by atoms with Crippen LogP contribution in [0.25, 0.3) is 0 Å². The summed E-state index contributed by atoms with van der Waals surface area (Å²) in [7, 11) is -3.66. The van der Waals surface area contributed by atoms with Gasteiger partial charge in [-0.15, -0.1) is 0 Å². The van der Waals surface area contributed by atoms with Crippen molar-refractivity contribution in [3.05, 3.63) is 71.5 Å². The molecule has 124 valence electrons. The molecule has 0 spiro atoms. The molecular formula is C18H18N2O2SSe. The number of benzene rings is 2. The van der Waals surface area contributed by atoms with Gasteiger partial charge in [0.05, 0.1) is 0 Å². The fourth-order valence-corrected chi connectivity index (χ4v) is 5.89. The monoisotopic (exact) mass is 406 g/mol. The Morgan fingerprint density at radius 1 is 0.917 bits per heavy atom. The molecule has 0 bridgehead atoms. The van der Waals surface area contributed by atoms with Crippen molar-refractivity contribution in [2.75, 3.05) is 0 Å². The zero-order valence-electron chi connectivity index (χ0n) is 13.7. The maximum absolute atomic E-state index is 12.9. The number of aromatic nitrogens is 2. The third kappa shape index (κ3) is 3.18. The third-order valence-electron chi connectivity index (χ3n) is 3.69. The minimum atomic E-state index is -3.66. The summed E-state index contributed by atoms with van der Waals surface area (Å²) in [4.78, 5) is 0.262. The zero-order chi connectivity index (χ0) is 17.3. The molecule has 0 aliphatic heterocycles. The molecule has 0 amide bonds. The van der Waals surface area contributed by atoms with Crippen LogP contribution >= 0.6 is 0 Å². The molecule has 1 aromatic heterocycles. The van der Waals surface area contributed by atoms with E-state index in [0.29, 0.717) is 5.69 Å². The predicted molar refractivity (Wildman–Crippen MR) is 96.9 cm³/mol. The van der Waals surface area contributed by atoms with Crippen LogP contribution in [0.4, 0.5) is 0 Å². The second-order valence-electron chi connectivity index (χ2n) is 5.58. The summed E-state index contributed by atoms with van der Waals surface area (Å²) < 4.78 is 29.2. The first-order valence-corrected chi connectivity index (χ1v) is 10.7. The second kappa shape index (κ2) is 6.55. The summed E-state index contributed by atoms with van der Waals surface area (Å²) in [5.41, 5.74) is 2.49. The Morgan fingerprint density at radius 2 is 1.54 bits per heavy atom. The van der Waals surface area contributed by atoms with Crippen molar-refractivity contribution in [2.24, 2.45) is 0 Å². The van der Waals surface area contributed by atoms with E-state index in [1.165, 1.54) is 8.55 Å². The van der Waals surface area contributed by atoms with Crippen molar-refractivity contribution in [3.63, 3.8) is 0 Å². The fraction of sp³-hybridized carbons (Fsp3) is 0.167. The second-order valence-corrected chi connectivity index (χ2v) is 9.62. The topological polar surface area (TPSA) is 52.0 Å². The minimum absolute atomic E-state index is 0.0243. The van der Waals surface area contributed by atoms with Crippen molar-refractivity contribution in [3.8, 4) is 0 Å². The Hall–Kier alpha value is -1.88. The number of hydrogen-bond donors (Lipinski definition) is 0. The Balaban J connectivity index is 2.04. The molecule has 0 unspecified atom stereocenters. The van der Waals surface area contributed by atoms with Crippen molar-refractivity contribution >= 4 is 33.9 Å². The normalized spacial score (nSPS) is 11.6. The number of nitrogens with zero attached hydrogens (tertiary/aromatic N) is 2. The van der Waals surface area contributed by atoms with Crippen LogP contribution in [0.1, 0.15) is 17.0 Å². The van der Waals surface area contributed by atoms with Crippen LogP contribution in [-0.4, -0.2) is 32.6 Å². The summed E-state index contributed by atoms with van der Waals surface area (Å²) in [6.45, 7) is 5.63. The van der Waals surface area contributed by atoms with Crippen LogP contribution in [0.2, 0.25) is 0 Å². The zero-order valence-corrected chi connectivity index (χ0v) is 16.3. The summed E-state index contributed by atoms with van der Waals surface area (Å²) in [6.07, 6.45) is 0. The Labute approximate surface area is 148 Å². The summed E-state index contributed by atoms with van der Waals surface area (Å²) >= 11 is 0.0243. The van der Waals surface area contributed by atoms with Gasteiger partial charge in [0, 0.05) is 0 Å². The van der Waals surface area contributed by atoms with Crippen LogP contribution in [-0.2, 0) is 10.0 Å². The quantitative estimate of drug-likeness (QED) is 0.621. The van der Waals surface area contributed by atoms with E-state index in [2.05, 4.69) is 17.2 Å². The van der Waals surface area contributed by atoms with E-state index in [9.17, 15) is 8.42 Å². The van der Waals surface area contributed by atoms with E-state index in [1.807, 2.05) is 39.0 Å². The molecule has 0 radical (unpaired) electrons. The average Bonchev–Trinajstić information content (AvgIpc) is 2.85. The first-order chi connectivity index (χ1) is 11.4. The molecule has 4 nitrogen and oxygen atoms in total. The van der Waals surface area contributed by atoms with Gasteiger partial charge in [-0.25, -0.2) is 0 Å². The van der Waals surface area contributed by atoms with E-state index >= 15 is 0 Å². The van der Waals surface area contributed by atoms with Crippen LogP contribution in [0.3, 0.4) is 0 Å². The van der Waals surface area contributed by atoms with Crippen LogP contribution in [0.5, 0.6) is 0 Å². The van der Waals surface area contributed by atoms with E-state index in [0.717, 1.165) is 15.7 Å². The van der Waals surface area contributed by atoms with Crippen molar-refractivity contribution in [1.29, 1.82) is 0 Å². The molecule has 3 aromatic rings.